The van der Waals surface area contributed by atoms with Crippen LogP contribution in [0.2, 0.25) is 0 Å². The fourth-order valence-electron chi connectivity index (χ4n) is 1.43. The highest BCUT2D eigenvalue weighted by molar-refractivity contribution is 7.11. The average molecular weight is 240 g/mol. The Bertz CT molecular complexity index is 390. The molecule has 0 saturated carbocycles. The molecule has 1 N–H and O–H groups in total. The van der Waals surface area contributed by atoms with Crippen LogP contribution < -0.4 is 5.32 Å². The molecule has 0 aromatic carbocycles. The summed E-state index contributed by atoms with van der Waals surface area (Å²) in [6.45, 7) is 11.7. The molecule has 1 atom stereocenters. The summed E-state index contributed by atoms with van der Waals surface area (Å²) in [5, 5.41) is 4.07. The summed E-state index contributed by atoms with van der Waals surface area (Å²) in [5.74, 6) is 0.0745. The number of carbonyl (C=O) groups is 1. The molecule has 0 bridgehead atoms. The largest absolute Gasteiger partial charge is 0.348 e. The average Bonchev–Trinajstić information content (AvgIpc) is 2.43. The first kappa shape index (κ1) is 13.2. The van der Waals surface area contributed by atoms with Crippen LogP contribution in [0.1, 0.15) is 49.3 Å². The zero-order valence-electron chi connectivity index (χ0n) is 10.8. The van der Waals surface area contributed by atoms with Crippen molar-refractivity contribution in [2.24, 2.45) is 5.41 Å². The van der Waals surface area contributed by atoms with Crippen molar-refractivity contribution in [2.45, 2.75) is 47.6 Å². The van der Waals surface area contributed by atoms with E-state index in [1.807, 2.05) is 41.5 Å². The van der Waals surface area contributed by atoms with E-state index in [4.69, 9.17) is 0 Å². The van der Waals surface area contributed by atoms with E-state index in [-0.39, 0.29) is 17.4 Å². The van der Waals surface area contributed by atoms with Crippen LogP contribution in [0.5, 0.6) is 0 Å². The van der Waals surface area contributed by atoms with Gasteiger partial charge < -0.3 is 5.32 Å². The fraction of sp³-hybridized carbons (Fsp3) is 0.667. The van der Waals surface area contributed by atoms with Gasteiger partial charge in [0.2, 0.25) is 5.91 Å². The van der Waals surface area contributed by atoms with Gasteiger partial charge >= 0.3 is 0 Å². The first-order valence-corrected chi connectivity index (χ1v) is 6.28. The number of hydrogen-bond donors (Lipinski definition) is 1. The van der Waals surface area contributed by atoms with Gasteiger partial charge in [-0.1, -0.05) is 20.8 Å². The first-order valence-electron chi connectivity index (χ1n) is 5.46. The minimum absolute atomic E-state index is 0.0397. The van der Waals surface area contributed by atoms with Gasteiger partial charge in [0.05, 0.1) is 16.7 Å². The first-order chi connectivity index (χ1) is 7.21. The Hall–Kier alpha value is -0.900. The summed E-state index contributed by atoms with van der Waals surface area (Å²) in [7, 11) is 0. The monoisotopic (exact) mass is 240 g/mol. The van der Waals surface area contributed by atoms with E-state index in [1.165, 1.54) is 0 Å². The van der Waals surface area contributed by atoms with Crippen molar-refractivity contribution >= 4 is 17.2 Å². The van der Waals surface area contributed by atoms with E-state index in [1.54, 1.807) is 11.3 Å². The smallest absolute Gasteiger partial charge is 0.225 e. The van der Waals surface area contributed by atoms with Crippen molar-refractivity contribution in [2.75, 3.05) is 0 Å². The molecule has 0 aliphatic rings. The number of carbonyl (C=O) groups excluding carboxylic acids is 1. The topological polar surface area (TPSA) is 42.0 Å². The van der Waals surface area contributed by atoms with Gasteiger partial charge in [-0.3, -0.25) is 4.79 Å². The molecule has 0 saturated heterocycles. The molecule has 1 amide bonds. The molecule has 1 rings (SSSR count). The van der Waals surface area contributed by atoms with E-state index in [0.717, 1.165) is 15.6 Å². The van der Waals surface area contributed by atoms with Crippen molar-refractivity contribution in [1.29, 1.82) is 0 Å². The standard InChI is InChI=1S/C12H20N2OS/c1-7-10(16-9(3)13-7)8(2)14-11(15)12(4,5)6/h8H,1-6H3,(H,14,15). The Balaban J connectivity index is 2.77. The lowest BCUT2D eigenvalue weighted by Crippen LogP contribution is -2.36. The number of aryl methyl sites for hydroxylation is 2. The van der Waals surface area contributed by atoms with Crippen LogP contribution in [0, 0.1) is 19.3 Å². The van der Waals surface area contributed by atoms with Crippen molar-refractivity contribution in [3.05, 3.63) is 15.6 Å². The maximum atomic E-state index is 11.8. The molecule has 0 spiro atoms. The van der Waals surface area contributed by atoms with Gasteiger partial charge in [0.15, 0.2) is 0 Å². The molecule has 0 fully saturated rings. The Morgan fingerprint density at radius 1 is 1.38 bits per heavy atom. The molecule has 16 heavy (non-hydrogen) atoms. The van der Waals surface area contributed by atoms with Gasteiger partial charge in [0.1, 0.15) is 0 Å². The molecule has 1 unspecified atom stereocenters. The maximum absolute atomic E-state index is 11.8. The van der Waals surface area contributed by atoms with Crippen molar-refractivity contribution in [3.8, 4) is 0 Å². The summed E-state index contributed by atoms with van der Waals surface area (Å²) >= 11 is 1.65. The van der Waals surface area contributed by atoms with Crippen LogP contribution >= 0.6 is 11.3 Å². The molecule has 4 heteroatoms. The predicted molar refractivity (Wildman–Crippen MR) is 67.6 cm³/mol. The highest BCUT2D eigenvalue weighted by Crippen LogP contribution is 2.25. The van der Waals surface area contributed by atoms with Gasteiger partial charge in [-0.15, -0.1) is 11.3 Å². The van der Waals surface area contributed by atoms with E-state index < -0.39 is 0 Å². The highest BCUT2D eigenvalue weighted by atomic mass is 32.1. The van der Waals surface area contributed by atoms with Crippen molar-refractivity contribution in [1.82, 2.24) is 10.3 Å². The summed E-state index contributed by atoms with van der Waals surface area (Å²) in [4.78, 5) is 17.4. The quantitative estimate of drug-likeness (QED) is 0.863. The van der Waals surface area contributed by atoms with Gasteiger partial charge in [0, 0.05) is 10.3 Å². The second kappa shape index (κ2) is 4.53. The van der Waals surface area contributed by atoms with Crippen LogP contribution in [-0.4, -0.2) is 10.9 Å². The summed E-state index contributed by atoms with van der Waals surface area (Å²) in [6.07, 6.45) is 0. The fourth-order valence-corrected chi connectivity index (χ4v) is 2.36. The number of amides is 1. The molecule has 0 aliphatic heterocycles. The Morgan fingerprint density at radius 3 is 2.31 bits per heavy atom. The summed E-state index contributed by atoms with van der Waals surface area (Å²) in [5.41, 5.74) is 0.672. The molecular weight excluding hydrogens is 220 g/mol. The third-order valence-corrected chi connectivity index (χ3v) is 3.62. The van der Waals surface area contributed by atoms with Gasteiger partial charge in [0.25, 0.3) is 0 Å². The minimum atomic E-state index is -0.345. The lowest BCUT2D eigenvalue weighted by atomic mass is 9.95. The molecule has 90 valence electrons. The molecular formula is C12H20N2OS. The highest BCUT2D eigenvalue weighted by Gasteiger charge is 2.24. The SMILES string of the molecule is Cc1nc(C)c(C(C)NC(=O)C(C)(C)C)s1. The number of aromatic nitrogens is 1. The zero-order chi connectivity index (χ0) is 12.5. The Morgan fingerprint density at radius 2 is 1.94 bits per heavy atom. The Labute approximate surface area is 101 Å². The normalized spacial score (nSPS) is 13.6. The van der Waals surface area contributed by atoms with Gasteiger partial charge in [-0.2, -0.15) is 0 Å². The second-order valence-electron chi connectivity index (χ2n) is 5.13. The van der Waals surface area contributed by atoms with E-state index >= 15 is 0 Å². The van der Waals surface area contributed by atoms with E-state index in [0.29, 0.717) is 0 Å². The lowest BCUT2D eigenvalue weighted by Gasteiger charge is -2.21. The number of hydrogen-bond acceptors (Lipinski definition) is 3. The van der Waals surface area contributed by atoms with E-state index in [2.05, 4.69) is 10.3 Å². The third-order valence-electron chi connectivity index (χ3n) is 2.36. The molecule has 1 aromatic rings. The van der Waals surface area contributed by atoms with Crippen LogP contribution in [0.4, 0.5) is 0 Å². The molecule has 1 heterocycles. The number of nitrogens with one attached hydrogen (secondary N) is 1. The lowest BCUT2D eigenvalue weighted by molar-refractivity contribution is -0.129. The molecule has 0 aliphatic carbocycles. The number of nitrogens with zero attached hydrogens (tertiary/aromatic N) is 1. The molecule has 0 radical (unpaired) electrons. The minimum Gasteiger partial charge on any atom is -0.348 e. The summed E-state index contributed by atoms with van der Waals surface area (Å²) in [6, 6.07) is 0.0397. The Kier molecular flexibility index (Phi) is 3.73. The number of thiazole rings is 1. The number of rotatable bonds is 2. The van der Waals surface area contributed by atoms with Gasteiger partial charge in [-0.25, -0.2) is 4.98 Å². The zero-order valence-corrected chi connectivity index (χ0v) is 11.7. The van der Waals surface area contributed by atoms with E-state index in [9.17, 15) is 4.79 Å². The summed E-state index contributed by atoms with van der Waals surface area (Å²) < 4.78 is 0. The molecule has 1 aromatic heterocycles. The predicted octanol–water partition coefficient (Wildman–Crippen LogP) is 2.98. The van der Waals surface area contributed by atoms with Crippen LogP contribution in [-0.2, 0) is 4.79 Å². The van der Waals surface area contributed by atoms with Gasteiger partial charge in [-0.05, 0) is 20.8 Å². The van der Waals surface area contributed by atoms with Crippen LogP contribution in [0.3, 0.4) is 0 Å². The molecule has 3 nitrogen and oxygen atoms in total. The van der Waals surface area contributed by atoms with Crippen LogP contribution in [0.25, 0.3) is 0 Å². The van der Waals surface area contributed by atoms with Crippen molar-refractivity contribution < 1.29 is 4.79 Å². The van der Waals surface area contributed by atoms with Crippen LogP contribution in [0.15, 0.2) is 0 Å². The maximum Gasteiger partial charge on any atom is 0.225 e. The third kappa shape index (κ3) is 3.04. The van der Waals surface area contributed by atoms with Crippen molar-refractivity contribution in [3.63, 3.8) is 0 Å². The second-order valence-corrected chi connectivity index (χ2v) is 6.36.